The summed E-state index contributed by atoms with van der Waals surface area (Å²) in [6.07, 6.45) is 0. The summed E-state index contributed by atoms with van der Waals surface area (Å²) in [6.45, 7) is 7.36. The first kappa shape index (κ1) is 24.7. The number of hydrogen-bond acceptors (Lipinski definition) is 5. The van der Waals surface area contributed by atoms with Crippen LogP contribution in [0.15, 0.2) is 66.7 Å². The van der Waals surface area contributed by atoms with Crippen LogP contribution >= 0.6 is 0 Å². The molecule has 3 aromatic rings. The van der Waals surface area contributed by atoms with Crippen LogP contribution in [0.5, 0.6) is 5.75 Å². The van der Waals surface area contributed by atoms with Crippen LogP contribution < -0.4 is 15.0 Å². The van der Waals surface area contributed by atoms with Gasteiger partial charge in [0.05, 0.1) is 23.4 Å². The molecule has 36 heavy (non-hydrogen) atoms. The number of benzene rings is 3. The monoisotopic (exact) mass is 485 g/mol. The van der Waals surface area contributed by atoms with E-state index in [9.17, 15) is 19.2 Å². The van der Waals surface area contributed by atoms with E-state index in [1.54, 1.807) is 53.4 Å². The molecule has 8 heteroatoms. The fraction of sp³-hybridized carbons (Fsp3) is 0.214. The number of anilines is 2. The molecule has 0 fully saturated rings. The van der Waals surface area contributed by atoms with Gasteiger partial charge < -0.3 is 15.0 Å². The lowest BCUT2D eigenvalue weighted by atomic mass is 10.1. The molecule has 0 saturated carbocycles. The Morgan fingerprint density at radius 3 is 2.19 bits per heavy atom. The summed E-state index contributed by atoms with van der Waals surface area (Å²) in [5.41, 5.74) is 1.97. The molecule has 0 bridgehead atoms. The van der Waals surface area contributed by atoms with Crippen LogP contribution in [0.4, 0.5) is 11.4 Å². The van der Waals surface area contributed by atoms with Crippen molar-refractivity contribution in [1.82, 2.24) is 4.90 Å². The van der Waals surface area contributed by atoms with Crippen LogP contribution in [0, 0.1) is 0 Å². The van der Waals surface area contributed by atoms with Crippen molar-refractivity contribution in [3.05, 3.63) is 89.0 Å². The van der Waals surface area contributed by atoms with E-state index >= 15 is 0 Å². The van der Waals surface area contributed by atoms with E-state index in [1.807, 2.05) is 20.8 Å². The third-order valence-electron chi connectivity index (χ3n) is 5.97. The SMILES string of the molecule is CCOc1ccc(N2C(=O)c3ccc(C(=O)Nc4cccc(C(=O)N(CC)CC)c4)cc3C2=O)cc1. The molecule has 0 unspecified atom stereocenters. The van der Waals surface area contributed by atoms with Crippen molar-refractivity contribution >= 4 is 35.0 Å². The number of carbonyl (C=O) groups excluding carboxylic acids is 4. The number of imide groups is 1. The van der Waals surface area contributed by atoms with Crippen molar-refractivity contribution < 1.29 is 23.9 Å². The lowest BCUT2D eigenvalue weighted by Crippen LogP contribution is -2.30. The summed E-state index contributed by atoms with van der Waals surface area (Å²) in [5.74, 6) is -0.883. The van der Waals surface area contributed by atoms with Gasteiger partial charge in [-0.3, -0.25) is 19.2 Å². The van der Waals surface area contributed by atoms with Gasteiger partial charge in [-0.1, -0.05) is 6.07 Å². The molecule has 1 heterocycles. The topological polar surface area (TPSA) is 96.0 Å². The Morgan fingerprint density at radius 2 is 1.53 bits per heavy atom. The summed E-state index contributed by atoms with van der Waals surface area (Å²) in [6, 6.07) is 17.8. The summed E-state index contributed by atoms with van der Waals surface area (Å²) in [5, 5.41) is 2.77. The molecule has 1 aliphatic rings. The zero-order valence-electron chi connectivity index (χ0n) is 20.4. The largest absolute Gasteiger partial charge is 0.494 e. The van der Waals surface area contributed by atoms with Crippen molar-refractivity contribution in [3.8, 4) is 5.75 Å². The number of rotatable bonds is 8. The molecule has 1 N–H and O–H groups in total. The van der Waals surface area contributed by atoms with Crippen molar-refractivity contribution in [2.45, 2.75) is 20.8 Å². The van der Waals surface area contributed by atoms with E-state index in [0.717, 1.165) is 4.90 Å². The highest BCUT2D eigenvalue weighted by molar-refractivity contribution is 6.34. The van der Waals surface area contributed by atoms with Crippen molar-refractivity contribution in [1.29, 1.82) is 0 Å². The molecule has 0 aliphatic carbocycles. The summed E-state index contributed by atoms with van der Waals surface area (Å²) in [4.78, 5) is 54.4. The second-order valence-corrected chi connectivity index (χ2v) is 8.15. The van der Waals surface area contributed by atoms with E-state index < -0.39 is 17.7 Å². The Hall–Kier alpha value is -4.46. The molecule has 0 saturated heterocycles. The minimum Gasteiger partial charge on any atom is -0.494 e. The highest BCUT2D eigenvalue weighted by Crippen LogP contribution is 2.30. The lowest BCUT2D eigenvalue weighted by molar-refractivity contribution is 0.0772. The molecule has 1 aliphatic heterocycles. The molecule has 184 valence electrons. The maximum Gasteiger partial charge on any atom is 0.266 e. The zero-order valence-corrected chi connectivity index (χ0v) is 20.4. The third kappa shape index (κ3) is 4.70. The first-order chi connectivity index (χ1) is 17.4. The maximum absolute atomic E-state index is 13.1. The van der Waals surface area contributed by atoms with Gasteiger partial charge in [0.2, 0.25) is 0 Å². The molecular weight excluding hydrogens is 458 g/mol. The van der Waals surface area contributed by atoms with Crippen LogP contribution in [0.3, 0.4) is 0 Å². The fourth-order valence-electron chi connectivity index (χ4n) is 4.10. The third-order valence-corrected chi connectivity index (χ3v) is 5.97. The van der Waals surface area contributed by atoms with Gasteiger partial charge in [-0.2, -0.15) is 0 Å². The molecule has 8 nitrogen and oxygen atoms in total. The Labute approximate surface area is 209 Å². The Morgan fingerprint density at radius 1 is 0.833 bits per heavy atom. The zero-order chi connectivity index (χ0) is 25.8. The number of hydrogen-bond donors (Lipinski definition) is 1. The van der Waals surface area contributed by atoms with Gasteiger partial charge in [0.15, 0.2) is 0 Å². The second kappa shape index (κ2) is 10.4. The van der Waals surface area contributed by atoms with Crippen molar-refractivity contribution in [3.63, 3.8) is 0 Å². The Kier molecular flexibility index (Phi) is 7.15. The van der Waals surface area contributed by atoms with Crippen molar-refractivity contribution in [2.75, 3.05) is 29.9 Å². The predicted octanol–water partition coefficient (Wildman–Crippen LogP) is 4.62. The van der Waals surface area contributed by atoms with Crippen LogP contribution in [0.2, 0.25) is 0 Å². The molecule has 0 aromatic heterocycles. The smallest absolute Gasteiger partial charge is 0.266 e. The average molecular weight is 486 g/mol. The summed E-state index contributed by atoms with van der Waals surface area (Å²) in [7, 11) is 0. The van der Waals surface area contributed by atoms with Crippen LogP contribution in [-0.4, -0.2) is 48.2 Å². The highest BCUT2D eigenvalue weighted by Gasteiger charge is 2.37. The molecular formula is C28H27N3O5. The molecule has 0 atom stereocenters. The number of nitrogens with one attached hydrogen (secondary N) is 1. The van der Waals surface area contributed by atoms with Crippen LogP contribution in [0.1, 0.15) is 62.2 Å². The van der Waals surface area contributed by atoms with E-state index in [0.29, 0.717) is 42.4 Å². The number of amides is 4. The van der Waals surface area contributed by atoms with Gasteiger partial charge in [-0.25, -0.2) is 4.90 Å². The minimum atomic E-state index is -0.499. The number of fused-ring (bicyclic) bond motifs is 1. The normalized spacial score (nSPS) is 12.4. The van der Waals surface area contributed by atoms with Gasteiger partial charge in [0.1, 0.15) is 5.75 Å². The number of ether oxygens (including phenoxy) is 1. The standard InChI is InChI=1S/C28H27N3O5/c1-4-30(5-2)26(33)19-8-7-9-20(16-19)29-25(32)18-10-15-23-24(17-18)28(35)31(27(23)34)21-11-13-22(14-12-21)36-6-3/h7-17H,4-6H2,1-3H3,(H,29,32). The van der Waals surface area contributed by atoms with E-state index in [2.05, 4.69) is 5.32 Å². The minimum absolute atomic E-state index is 0.118. The van der Waals surface area contributed by atoms with Crippen LogP contribution in [-0.2, 0) is 0 Å². The first-order valence-electron chi connectivity index (χ1n) is 11.8. The Bertz CT molecular complexity index is 1330. The fourth-order valence-corrected chi connectivity index (χ4v) is 4.10. The Balaban J connectivity index is 1.54. The average Bonchev–Trinajstić information content (AvgIpc) is 3.14. The quantitative estimate of drug-likeness (QED) is 0.470. The van der Waals surface area contributed by atoms with E-state index in [1.165, 1.54) is 18.2 Å². The summed E-state index contributed by atoms with van der Waals surface area (Å²) >= 11 is 0. The number of carbonyl (C=O) groups is 4. The lowest BCUT2D eigenvalue weighted by Gasteiger charge is -2.19. The predicted molar refractivity (Wildman–Crippen MR) is 137 cm³/mol. The maximum atomic E-state index is 13.1. The highest BCUT2D eigenvalue weighted by atomic mass is 16.5. The van der Waals surface area contributed by atoms with Gasteiger partial charge >= 0.3 is 0 Å². The van der Waals surface area contributed by atoms with Crippen molar-refractivity contribution in [2.24, 2.45) is 0 Å². The first-order valence-corrected chi connectivity index (χ1v) is 11.8. The summed E-state index contributed by atoms with van der Waals surface area (Å²) < 4.78 is 5.42. The van der Waals surface area contributed by atoms with Gasteiger partial charge in [-0.05, 0) is 81.4 Å². The molecule has 4 rings (SSSR count). The van der Waals surface area contributed by atoms with E-state index in [4.69, 9.17) is 4.74 Å². The van der Waals surface area contributed by atoms with Gasteiger partial charge in [0, 0.05) is 29.9 Å². The van der Waals surface area contributed by atoms with Gasteiger partial charge in [0.25, 0.3) is 23.6 Å². The molecule has 0 spiro atoms. The molecule has 0 radical (unpaired) electrons. The molecule has 4 amide bonds. The van der Waals surface area contributed by atoms with Gasteiger partial charge in [-0.15, -0.1) is 0 Å². The van der Waals surface area contributed by atoms with Crippen LogP contribution in [0.25, 0.3) is 0 Å². The molecule has 3 aromatic carbocycles. The number of nitrogens with zero attached hydrogens (tertiary/aromatic N) is 2. The second-order valence-electron chi connectivity index (χ2n) is 8.15. The van der Waals surface area contributed by atoms with E-state index in [-0.39, 0.29) is 22.6 Å².